The molecule has 0 bridgehead atoms. The molecule has 2 aromatic carbocycles. The number of benzene rings is 2. The van der Waals surface area contributed by atoms with Gasteiger partial charge in [-0.25, -0.2) is 4.98 Å². The second-order valence-corrected chi connectivity index (χ2v) is 6.78. The molecule has 0 unspecified atom stereocenters. The molecule has 0 aliphatic heterocycles. The Morgan fingerprint density at radius 1 is 0.800 bits per heavy atom. The molecule has 0 atom stereocenters. The van der Waals surface area contributed by atoms with Crippen molar-refractivity contribution in [1.29, 1.82) is 0 Å². The average Bonchev–Trinajstić information content (AvgIpc) is 2.58. The first-order valence-corrected chi connectivity index (χ1v) is 8.43. The molecule has 0 aliphatic carbocycles. The highest BCUT2D eigenvalue weighted by Crippen LogP contribution is 2.39. The zero-order valence-electron chi connectivity index (χ0n) is 12.3. The molecule has 25 heavy (non-hydrogen) atoms. The lowest BCUT2D eigenvalue weighted by Crippen LogP contribution is -1.96. The number of pyridine rings is 1. The number of nitrogens with zero attached hydrogens (tertiary/aromatic N) is 2. The van der Waals surface area contributed by atoms with E-state index in [2.05, 4.69) is 4.98 Å². The van der Waals surface area contributed by atoms with Crippen LogP contribution in [0.3, 0.4) is 0 Å². The summed E-state index contributed by atoms with van der Waals surface area (Å²) in [5.41, 5.74) is 1.53. The minimum atomic E-state index is -0.525. The Bertz CT molecular complexity index is 992. The van der Waals surface area contributed by atoms with Gasteiger partial charge >= 0.3 is 0 Å². The summed E-state index contributed by atoms with van der Waals surface area (Å²) >= 11 is 24.5. The second-order valence-electron chi connectivity index (χ2n) is 5.09. The SMILES string of the molecule is O=[N+]([O-])c1cnc(-c2cc(Cl)ccc2Cl)cc1-c1cc(Cl)ccc1Cl. The highest BCUT2D eigenvalue weighted by Gasteiger charge is 2.20. The van der Waals surface area contributed by atoms with E-state index < -0.39 is 4.92 Å². The third kappa shape index (κ3) is 3.72. The molecule has 0 amide bonds. The van der Waals surface area contributed by atoms with Crippen LogP contribution in [0.5, 0.6) is 0 Å². The Labute approximate surface area is 163 Å². The summed E-state index contributed by atoms with van der Waals surface area (Å²) in [5.74, 6) is 0. The first-order chi connectivity index (χ1) is 11.9. The maximum absolute atomic E-state index is 11.4. The third-order valence-corrected chi connectivity index (χ3v) is 4.63. The number of hydrogen-bond donors (Lipinski definition) is 0. The van der Waals surface area contributed by atoms with Crippen LogP contribution in [0.4, 0.5) is 5.69 Å². The zero-order chi connectivity index (χ0) is 18.1. The van der Waals surface area contributed by atoms with Crippen LogP contribution in [0, 0.1) is 10.1 Å². The quantitative estimate of drug-likeness (QED) is 0.345. The van der Waals surface area contributed by atoms with E-state index in [1.807, 2.05) is 0 Å². The van der Waals surface area contributed by atoms with Gasteiger partial charge in [-0.15, -0.1) is 0 Å². The van der Waals surface area contributed by atoms with Crippen LogP contribution in [0.25, 0.3) is 22.4 Å². The number of hydrogen-bond acceptors (Lipinski definition) is 3. The van der Waals surface area contributed by atoms with E-state index in [9.17, 15) is 10.1 Å². The van der Waals surface area contributed by atoms with Gasteiger partial charge in [-0.1, -0.05) is 46.4 Å². The summed E-state index contributed by atoms with van der Waals surface area (Å²) in [5, 5.41) is 13.0. The van der Waals surface area contributed by atoms with Gasteiger partial charge in [0.15, 0.2) is 0 Å². The van der Waals surface area contributed by atoms with Crippen molar-refractivity contribution >= 4 is 52.1 Å². The molecule has 1 heterocycles. The monoisotopic (exact) mass is 412 g/mol. The van der Waals surface area contributed by atoms with Crippen molar-refractivity contribution in [3.8, 4) is 22.4 Å². The Morgan fingerprint density at radius 3 is 1.96 bits per heavy atom. The highest BCUT2D eigenvalue weighted by atomic mass is 35.5. The van der Waals surface area contributed by atoms with E-state index in [1.165, 1.54) is 6.20 Å². The van der Waals surface area contributed by atoms with Crippen LogP contribution in [-0.2, 0) is 0 Å². The summed E-state index contributed by atoms with van der Waals surface area (Å²) in [6, 6.07) is 11.2. The fourth-order valence-corrected chi connectivity index (χ4v) is 3.13. The number of halogens is 4. The van der Waals surface area contributed by atoms with E-state index in [0.29, 0.717) is 42.5 Å². The van der Waals surface area contributed by atoms with Crippen LogP contribution in [0.15, 0.2) is 48.7 Å². The number of nitro groups is 1. The molecule has 0 saturated carbocycles. The molecule has 0 N–H and O–H groups in total. The van der Waals surface area contributed by atoms with Crippen LogP contribution in [0.2, 0.25) is 20.1 Å². The predicted octanol–water partition coefficient (Wildman–Crippen LogP) is 6.94. The van der Waals surface area contributed by atoms with Gasteiger partial charge in [0.25, 0.3) is 5.69 Å². The fraction of sp³-hybridized carbons (Fsp3) is 0. The molecular weight excluding hydrogens is 406 g/mol. The highest BCUT2D eigenvalue weighted by molar-refractivity contribution is 6.36. The molecule has 126 valence electrons. The minimum absolute atomic E-state index is 0.189. The van der Waals surface area contributed by atoms with E-state index in [-0.39, 0.29) is 5.69 Å². The third-order valence-electron chi connectivity index (χ3n) is 3.50. The summed E-state index contributed by atoms with van der Waals surface area (Å²) in [4.78, 5) is 15.0. The van der Waals surface area contributed by atoms with Crippen molar-refractivity contribution in [2.24, 2.45) is 0 Å². The Hall–Kier alpha value is -1.85. The van der Waals surface area contributed by atoms with Crippen molar-refractivity contribution in [2.75, 3.05) is 0 Å². The standard InChI is InChI=1S/C17H8Cl4N2O2/c18-9-1-3-14(20)11(5-9)12-7-16(22-8-17(12)23(24)25)13-6-10(19)2-4-15(13)21/h1-8H. The molecule has 4 nitrogen and oxygen atoms in total. The summed E-state index contributed by atoms with van der Waals surface area (Å²) in [6.07, 6.45) is 1.17. The van der Waals surface area contributed by atoms with Gasteiger partial charge in [0, 0.05) is 26.2 Å². The molecule has 3 rings (SSSR count). The maximum atomic E-state index is 11.4. The Morgan fingerprint density at radius 2 is 1.36 bits per heavy atom. The molecule has 3 aromatic rings. The summed E-state index contributed by atoms with van der Waals surface area (Å²) < 4.78 is 0. The van der Waals surface area contributed by atoms with Crippen LogP contribution in [0.1, 0.15) is 0 Å². The van der Waals surface area contributed by atoms with E-state index in [0.717, 1.165) is 0 Å². The molecule has 0 radical (unpaired) electrons. The topological polar surface area (TPSA) is 56.0 Å². The normalized spacial score (nSPS) is 10.7. The predicted molar refractivity (Wildman–Crippen MR) is 102 cm³/mol. The van der Waals surface area contributed by atoms with Crippen molar-refractivity contribution in [2.45, 2.75) is 0 Å². The lowest BCUT2D eigenvalue weighted by molar-refractivity contribution is -0.384. The molecule has 0 fully saturated rings. The van der Waals surface area contributed by atoms with E-state index in [4.69, 9.17) is 46.4 Å². The minimum Gasteiger partial charge on any atom is -0.258 e. The Balaban J connectivity index is 2.28. The van der Waals surface area contributed by atoms with Gasteiger partial charge in [-0.05, 0) is 42.5 Å². The Kier molecular flexibility index (Phi) is 5.16. The number of rotatable bonds is 3. The molecular formula is C17H8Cl4N2O2. The van der Waals surface area contributed by atoms with Crippen molar-refractivity contribution < 1.29 is 4.92 Å². The van der Waals surface area contributed by atoms with Gasteiger partial charge in [0.05, 0.1) is 21.2 Å². The lowest BCUT2D eigenvalue weighted by atomic mass is 10.0. The van der Waals surface area contributed by atoms with Gasteiger partial charge in [0.1, 0.15) is 6.20 Å². The first kappa shape index (κ1) is 18.0. The van der Waals surface area contributed by atoms with Crippen molar-refractivity contribution in [3.05, 3.63) is 78.9 Å². The molecule has 8 heteroatoms. The van der Waals surface area contributed by atoms with Gasteiger partial charge in [-0.3, -0.25) is 10.1 Å². The lowest BCUT2D eigenvalue weighted by Gasteiger charge is -2.10. The van der Waals surface area contributed by atoms with Gasteiger partial charge < -0.3 is 0 Å². The average molecular weight is 414 g/mol. The van der Waals surface area contributed by atoms with Gasteiger partial charge in [0.2, 0.25) is 0 Å². The van der Waals surface area contributed by atoms with Crippen molar-refractivity contribution in [3.63, 3.8) is 0 Å². The number of aromatic nitrogens is 1. The largest absolute Gasteiger partial charge is 0.295 e. The maximum Gasteiger partial charge on any atom is 0.295 e. The summed E-state index contributed by atoms with van der Waals surface area (Å²) in [6.45, 7) is 0. The zero-order valence-corrected chi connectivity index (χ0v) is 15.4. The van der Waals surface area contributed by atoms with Gasteiger partial charge in [-0.2, -0.15) is 0 Å². The van der Waals surface area contributed by atoms with Crippen molar-refractivity contribution in [1.82, 2.24) is 4.98 Å². The first-order valence-electron chi connectivity index (χ1n) is 6.92. The molecule has 0 aliphatic rings. The smallest absolute Gasteiger partial charge is 0.258 e. The fourth-order valence-electron chi connectivity index (χ4n) is 2.35. The summed E-state index contributed by atoms with van der Waals surface area (Å²) in [7, 11) is 0. The van der Waals surface area contributed by atoms with Crippen LogP contribution >= 0.6 is 46.4 Å². The van der Waals surface area contributed by atoms with E-state index >= 15 is 0 Å². The molecule has 0 spiro atoms. The van der Waals surface area contributed by atoms with Crippen LogP contribution in [-0.4, -0.2) is 9.91 Å². The van der Waals surface area contributed by atoms with Crippen LogP contribution < -0.4 is 0 Å². The van der Waals surface area contributed by atoms with E-state index in [1.54, 1.807) is 42.5 Å². The second kappa shape index (κ2) is 7.18. The molecule has 1 aromatic heterocycles. The molecule has 0 saturated heterocycles.